The molecule has 8 heteroatoms. The van der Waals surface area contributed by atoms with E-state index in [0.717, 1.165) is 59.1 Å². The van der Waals surface area contributed by atoms with Gasteiger partial charge >= 0.3 is 0 Å². The van der Waals surface area contributed by atoms with E-state index < -0.39 is 0 Å². The highest BCUT2D eigenvalue weighted by Crippen LogP contribution is 2.34. The lowest BCUT2D eigenvalue weighted by molar-refractivity contribution is -0.126. The third-order valence-corrected chi connectivity index (χ3v) is 7.93. The second-order valence-electron chi connectivity index (χ2n) is 9.11. The quantitative estimate of drug-likeness (QED) is 0.563. The van der Waals surface area contributed by atoms with E-state index in [1.165, 1.54) is 37.8 Å². The second kappa shape index (κ2) is 9.17. The van der Waals surface area contributed by atoms with Crippen LogP contribution < -0.4 is 10.2 Å². The van der Waals surface area contributed by atoms with Crippen molar-refractivity contribution in [1.82, 2.24) is 20.1 Å². The summed E-state index contributed by atoms with van der Waals surface area (Å²) in [5.74, 6) is -0.0561. The molecular weight excluding hydrogens is 425 g/mol. The minimum absolute atomic E-state index is 0.00806. The Morgan fingerprint density at radius 1 is 1.09 bits per heavy atom. The number of nitrogens with one attached hydrogen (secondary N) is 1. The van der Waals surface area contributed by atoms with Crippen molar-refractivity contribution in [3.63, 3.8) is 0 Å². The summed E-state index contributed by atoms with van der Waals surface area (Å²) in [6, 6.07) is 6.65. The number of carbonyl (C=O) groups is 1. The van der Waals surface area contributed by atoms with E-state index in [4.69, 9.17) is 4.98 Å². The first kappa shape index (κ1) is 21.4. The molecule has 1 aromatic carbocycles. The summed E-state index contributed by atoms with van der Waals surface area (Å²) in [5.41, 5.74) is 2.49. The number of fused-ring (bicyclic) bond motifs is 1. The summed E-state index contributed by atoms with van der Waals surface area (Å²) in [6.07, 6.45) is 9.16. The summed E-state index contributed by atoms with van der Waals surface area (Å²) in [6.45, 7) is 3.59. The molecule has 0 radical (unpaired) electrons. The second-order valence-corrected chi connectivity index (χ2v) is 10.1. The number of aromatic nitrogens is 3. The van der Waals surface area contributed by atoms with Crippen LogP contribution in [0.15, 0.2) is 24.3 Å². The molecule has 6 nitrogen and oxygen atoms in total. The SMILES string of the molecule is Cc1nn(-c2ccc(F)cc2)c2nc(N3CCCC(C(=O)NC4CCCCCC4)C3)sc12. The van der Waals surface area contributed by atoms with E-state index >= 15 is 0 Å². The molecule has 170 valence electrons. The molecule has 5 rings (SSSR count). The van der Waals surface area contributed by atoms with Gasteiger partial charge in [-0.25, -0.2) is 9.07 Å². The molecule has 1 aliphatic heterocycles. The smallest absolute Gasteiger partial charge is 0.225 e. The van der Waals surface area contributed by atoms with Crippen molar-refractivity contribution in [2.75, 3.05) is 18.0 Å². The predicted octanol–water partition coefficient (Wildman–Crippen LogP) is 4.98. The molecule has 3 heterocycles. The molecule has 2 fully saturated rings. The molecule has 32 heavy (non-hydrogen) atoms. The minimum atomic E-state index is -0.269. The molecule has 1 N–H and O–H groups in total. The maximum Gasteiger partial charge on any atom is 0.225 e. The number of thiazole rings is 1. The fraction of sp³-hybridized carbons (Fsp3) is 0.542. The van der Waals surface area contributed by atoms with Gasteiger partial charge in [-0.2, -0.15) is 10.1 Å². The van der Waals surface area contributed by atoms with E-state index in [2.05, 4.69) is 15.3 Å². The zero-order valence-electron chi connectivity index (χ0n) is 18.5. The third kappa shape index (κ3) is 4.37. The summed E-state index contributed by atoms with van der Waals surface area (Å²) in [7, 11) is 0. The predicted molar refractivity (Wildman–Crippen MR) is 126 cm³/mol. The van der Waals surface area contributed by atoms with Crippen LogP contribution in [0, 0.1) is 18.7 Å². The fourth-order valence-electron chi connectivity index (χ4n) is 4.93. The van der Waals surface area contributed by atoms with Crippen LogP contribution in [0.3, 0.4) is 0 Å². The zero-order valence-corrected chi connectivity index (χ0v) is 19.3. The van der Waals surface area contributed by atoms with Gasteiger partial charge in [0, 0.05) is 19.1 Å². The fourth-order valence-corrected chi connectivity index (χ4v) is 5.95. The van der Waals surface area contributed by atoms with Gasteiger partial charge in [0.15, 0.2) is 10.8 Å². The Hall–Kier alpha value is -2.48. The highest BCUT2D eigenvalue weighted by Gasteiger charge is 2.29. The number of hydrogen-bond donors (Lipinski definition) is 1. The van der Waals surface area contributed by atoms with Gasteiger partial charge in [0.2, 0.25) is 5.91 Å². The number of piperidine rings is 1. The third-order valence-electron chi connectivity index (χ3n) is 6.71. The molecule has 1 saturated heterocycles. The van der Waals surface area contributed by atoms with Crippen molar-refractivity contribution in [2.45, 2.75) is 64.3 Å². The molecule has 0 bridgehead atoms. The van der Waals surface area contributed by atoms with Crippen LogP contribution in [0.1, 0.15) is 57.1 Å². The highest BCUT2D eigenvalue weighted by molar-refractivity contribution is 7.22. The van der Waals surface area contributed by atoms with Gasteiger partial charge in [-0.1, -0.05) is 37.0 Å². The Morgan fingerprint density at radius 3 is 2.59 bits per heavy atom. The van der Waals surface area contributed by atoms with Gasteiger partial charge < -0.3 is 10.2 Å². The first-order valence-corrected chi connectivity index (χ1v) is 12.6. The average molecular weight is 456 g/mol. The molecular formula is C24H30FN5OS. The number of carbonyl (C=O) groups excluding carboxylic acids is 1. The molecule has 1 saturated carbocycles. The lowest BCUT2D eigenvalue weighted by Gasteiger charge is -2.32. The molecule has 0 spiro atoms. The zero-order chi connectivity index (χ0) is 22.1. The molecule has 2 aliphatic rings. The van der Waals surface area contributed by atoms with Crippen LogP contribution in [0.2, 0.25) is 0 Å². The molecule has 1 amide bonds. The van der Waals surface area contributed by atoms with Crippen molar-refractivity contribution in [1.29, 1.82) is 0 Å². The summed E-state index contributed by atoms with van der Waals surface area (Å²) in [5, 5.41) is 8.88. The molecule has 3 aromatic rings. The van der Waals surface area contributed by atoms with Crippen molar-refractivity contribution in [2.24, 2.45) is 5.92 Å². The molecule has 1 unspecified atom stereocenters. The van der Waals surface area contributed by atoms with Crippen LogP contribution >= 0.6 is 11.3 Å². The number of rotatable bonds is 4. The Morgan fingerprint density at radius 2 is 1.84 bits per heavy atom. The van der Waals surface area contributed by atoms with Gasteiger partial charge in [-0.3, -0.25) is 4.79 Å². The van der Waals surface area contributed by atoms with E-state index in [1.807, 2.05) is 6.92 Å². The number of benzene rings is 1. The normalized spacial score (nSPS) is 20.4. The van der Waals surface area contributed by atoms with Crippen LogP contribution in [-0.4, -0.2) is 39.8 Å². The minimum Gasteiger partial charge on any atom is -0.353 e. The number of aryl methyl sites for hydroxylation is 1. The number of halogens is 1. The number of amides is 1. The maximum absolute atomic E-state index is 13.4. The highest BCUT2D eigenvalue weighted by atomic mass is 32.1. The summed E-state index contributed by atoms with van der Waals surface area (Å²) in [4.78, 5) is 20.1. The van der Waals surface area contributed by atoms with E-state index in [9.17, 15) is 9.18 Å². The van der Waals surface area contributed by atoms with E-state index in [1.54, 1.807) is 28.2 Å². The lowest BCUT2D eigenvalue weighted by atomic mass is 9.96. The van der Waals surface area contributed by atoms with Gasteiger partial charge in [-0.15, -0.1) is 0 Å². The number of anilines is 1. The standard InChI is InChI=1S/C24H30FN5OS/c1-16-21-22(30(28-16)20-12-10-18(25)11-13-20)27-24(32-21)29-14-6-7-17(15-29)23(31)26-19-8-4-2-3-5-9-19/h10-13,17,19H,2-9,14-15H2,1H3,(H,26,31). The van der Waals surface area contributed by atoms with Crippen molar-refractivity contribution in [3.8, 4) is 5.69 Å². The molecule has 1 aliphatic carbocycles. The summed E-state index contributed by atoms with van der Waals surface area (Å²) < 4.78 is 16.2. The molecule has 2 aromatic heterocycles. The Bertz CT molecular complexity index is 1080. The van der Waals surface area contributed by atoms with E-state index in [0.29, 0.717) is 12.6 Å². The van der Waals surface area contributed by atoms with Gasteiger partial charge in [0.1, 0.15) is 5.82 Å². The lowest BCUT2D eigenvalue weighted by Crippen LogP contribution is -2.46. The van der Waals surface area contributed by atoms with Gasteiger partial charge in [0.25, 0.3) is 0 Å². The largest absolute Gasteiger partial charge is 0.353 e. The van der Waals surface area contributed by atoms with Crippen molar-refractivity contribution in [3.05, 3.63) is 35.8 Å². The van der Waals surface area contributed by atoms with Gasteiger partial charge in [0.05, 0.1) is 22.0 Å². The first-order chi connectivity index (χ1) is 15.6. The Balaban J connectivity index is 1.33. The van der Waals surface area contributed by atoms with Gasteiger partial charge in [-0.05, 0) is 56.9 Å². The number of hydrogen-bond acceptors (Lipinski definition) is 5. The average Bonchev–Trinajstić information content (AvgIpc) is 3.26. The van der Waals surface area contributed by atoms with Crippen LogP contribution in [0.4, 0.5) is 9.52 Å². The Kier molecular flexibility index (Phi) is 6.13. The Labute approximate surface area is 191 Å². The number of nitrogens with zero attached hydrogens (tertiary/aromatic N) is 4. The summed E-state index contributed by atoms with van der Waals surface area (Å²) >= 11 is 1.63. The monoisotopic (exact) mass is 455 g/mol. The van der Waals surface area contributed by atoms with Crippen molar-refractivity contribution < 1.29 is 9.18 Å². The molecule has 1 atom stereocenters. The van der Waals surface area contributed by atoms with E-state index in [-0.39, 0.29) is 17.6 Å². The van der Waals surface area contributed by atoms with Crippen LogP contribution in [0.5, 0.6) is 0 Å². The first-order valence-electron chi connectivity index (χ1n) is 11.8. The van der Waals surface area contributed by atoms with Crippen LogP contribution in [-0.2, 0) is 4.79 Å². The van der Waals surface area contributed by atoms with Crippen LogP contribution in [0.25, 0.3) is 16.0 Å². The van der Waals surface area contributed by atoms with Crippen molar-refractivity contribution >= 4 is 32.7 Å². The maximum atomic E-state index is 13.4. The topological polar surface area (TPSA) is 63.1 Å².